The number of aromatic amines is 1. The number of aryl methyl sites for hydroxylation is 1. The van der Waals surface area contributed by atoms with Gasteiger partial charge in [-0.05, 0) is 26.0 Å². The molecular formula is C16H15F2N3O4S. The Balaban J connectivity index is 2.12. The van der Waals surface area contributed by atoms with E-state index in [2.05, 4.69) is 15.3 Å². The van der Waals surface area contributed by atoms with Gasteiger partial charge < -0.3 is 15.0 Å². The number of nitrogens with zero attached hydrogens (tertiary/aromatic N) is 1. The van der Waals surface area contributed by atoms with Gasteiger partial charge >= 0.3 is 11.7 Å². The monoisotopic (exact) mass is 383 g/mol. The summed E-state index contributed by atoms with van der Waals surface area (Å²) in [6.45, 7) is 3.29. The first-order valence-electron chi connectivity index (χ1n) is 7.47. The predicted octanol–water partition coefficient (Wildman–Crippen LogP) is 2.26. The van der Waals surface area contributed by atoms with Gasteiger partial charge in [-0.25, -0.2) is 18.4 Å². The molecule has 26 heavy (non-hydrogen) atoms. The van der Waals surface area contributed by atoms with Gasteiger partial charge in [0.15, 0.2) is 11.6 Å². The molecule has 0 fully saturated rings. The van der Waals surface area contributed by atoms with E-state index in [4.69, 9.17) is 4.74 Å². The van der Waals surface area contributed by atoms with Gasteiger partial charge in [-0.15, -0.1) is 0 Å². The molecule has 0 radical (unpaired) electrons. The van der Waals surface area contributed by atoms with Crippen molar-refractivity contribution in [3.63, 3.8) is 0 Å². The average molecular weight is 383 g/mol. The summed E-state index contributed by atoms with van der Waals surface area (Å²) < 4.78 is 31.0. The van der Waals surface area contributed by atoms with Crippen molar-refractivity contribution in [1.82, 2.24) is 9.97 Å². The van der Waals surface area contributed by atoms with Crippen LogP contribution in [0, 0.1) is 18.6 Å². The van der Waals surface area contributed by atoms with Crippen LogP contribution in [0.3, 0.4) is 0 Å². The maximum atomic E-state index is 13.2. The minimum absolute atomic E-state index is 0.0464. The van der Waals surface area contributed by atoms with E-state index in [-0.39, 0.29) is 34.3 Å². The van der Waals surface area contributed by atoms with Crippen molar-refractivity contribution < 1.29 is 23.1 Å². The van der Waals surface area contributed by atoms with E-state index >= 15 is 0 Å². The largest absolute Gasteiger partial charge is 0.462 e. The van der Waals surface area contributed by atoms with Crippen LogP contribution in [-0.2, 0) is 9.53 Å². The molecule has 0 aliphatic carbocycles. The van der Waals surface area contributed by atoms with Gasteiger partial charge in [0.2, 0.25) is 5.91 Å². The summed E-state index contributed by atoms with van der Waals surface area (Å²) in [6.07, 6.45) is 0. The molecule has 0 spiro atoms. The number of carbonyl (C=O) groups is 2. The van der Waals surface area contributed by atoms with Crippen LogP contribution in [0.15, 0.2) is 28.0 Å². The van der Waals surface area contributed by atoms with Crippen LogP contribution in [0.4, 0.5) is 14.5 Å². The average Bonchev–Trinajstić information content (AvgIpc) is 2.56. The number of halogens is 2. The summed E-state index contributed by atoms with van der Waals surface area (Å²) in [5.41, 5.74) is -0.252. The molecule has 2 aromatic rings. The Morgan fingerprint density at radius 3 is 2.69 bits per heavy atom. The maximum absolute atomic E-state index is 13.2. The lowest BCUT2D eigenvalue weighted by molar-refractivity contribution is -0.113. The van der Waals surface area contributed by atoms with Crippen molar-refractivity contribution in [2.24, 2.45) is 0 Å². The third kappa shape index (κ3) is 4.88. The van der Waals surface area contributed by atoms with E-state index in [0.29, 0.717) is 0 Å². The molecule has 1 heterocycles. The molecule has 0 aliphatic rings. The standard InChI is InChI=1S/C16H15F2N3O4S/c1-3-25-15(23)13-8(2)19-16(24)21-14(13)26-7-12(22)20-9-4-5-10(17)11(18)6-9/h4-6H,3,7H2,1-2H3,(H,20,22)(H,19,21,24). The van der Waals surface area contributed by atoms with Crippen LogP contribution in [0.1, 0.15) is 23.0 Å². The molecule has 138 valence electrons. The molecule has 7 nitrogen and oxygen atoms in total. The number of ether oxygens (including phenoxy) is 1. The highest BCUT2D eigenvalue weighted by Gasteiger charge is 2.20. The van der Waals surface area contributed by atoms with Crippen molar-refractivity contribution in [3.8, 4) is 0 Å². The molecule has 1 amide bonds. The highest BCUT2D eigenvalue weighted by Crippen LogP contribution is 2.22. The number of esters is 1. The topological polar surface area (TPSA) is 101 Å². The lowest BCUT2D eigenvalue weighted by Crippen LogP contribution is -2.21. The minimum atomic E-state index is -1.09. The van der Waals surface area contributed by atoms with Crippen LogP contribution in [0.5, 0.6) is 0 Å². The van der Waals surface area contributed by atoms with Gasteiger partial charge in [-0.2, -0.15) is 4.98 Å². The zero-order valence-corrected chi connectivity index (χ0v) is 14.7. The molecule has 0 saturated heterocycles. The lowest BCUT2D eigenvalue weighted by Gasteiger charge is -2.10. The smallest absolute Gasteiger partial charge is 0.346 e. The summed E-state index contributed by atoms with van der Waals surface area (Å²) in [5.74, 6) is -3.54. The Bertz CT molecular complexity index is 902. The molecule has 0 aliphatic heterocycles. The first-order chi connectivity index (χ1) is 12.3. The highest BCUT2D eigenvalue weighted by atomic mass is 32.2. The molecule has 10 heteroatoms. The fourth-order valence-corrected chi connectivity index (χ4v) is 2.88. The van der Waals surface area contributed by atoms with E-state index in [0.717, 1.165) is 23.9 Å². The van der Waals surface area contributed by atoms with Crippen molar-refractivity contribution in [1.29, 1.82) is 0 Å². The van der Waals surface area contributed by atoms with Gasteiger partial charge in [0.1, 0.15) is 10.6 Å². The predicted molar refractivity (Wildman–Crippen MR) is 91.3 cm³/mol. The molecule has 0 saturated carbocycles. The zero-order chi connectivity index (χ0) is 19.3. The van der Waals surface area contributed by atoms with Crippen molar-refractivity contribution in [2.75, 3.05) is 17.7 Å². The van der Waals surface area contributed by atoms with Crippen molar-refractivity contribution >= 4 is 29.3 Å². The first kappa shape index (κ1) is 19.6. The lowest BCUT2D eigenvalue weighted by atomic mass is 10.2. The second-order valence-electron chi connectivity index (χ2n) is 5.03. The number of benzene rings is 1. The normalized spacial score (nSPS) is 10.5. The molecule has 0 unspecified atom stereocenters. The Labute approximate surface area is 151 Å². The quantitative estimate of drug-likeness (QED) is 0.451. The minimum Gasteiger partial charge on any atom is -0.462 e. The zero-order valence-electron chi connectivity index (χ0n) is 13.9. The number of H-pyrrole nitrogens is 1. The summed E-state index contributed by atoms with van der Waals surface area (Å²) in [6, 6.07) is 2.94. The number of rotatable bonds is 6. The fourth-order valence-electron chi connectivity index (χ4n) is 2.01. The second kappa shape index (κ2) is 8.56. The molecule has 2 N–H and O–H groups in total. The van der Waals surface area contributed by atoms with Gasteiger partial charge in [0, 0.05) is 17.4 Å². The number of hydrogen-bond acceptors (Lipinski definition) is 6. The summed E-state index contributed by atoms with van der Waals surface area (Å²) in [5, 5.41) is 2.43. The maximum Gasteiger partial charge on any atom is 0.346 e. The van der Waals surface area contributed by atoms with Crippen LogP contribution >= 0.6 is 11.8 Å². The Morgan fingerprint density at radius 2 is 2.04 bits per heavy atom. The third-order valence-corrected chi connectivity index (χ3v) is 4.08. The van der Waals surface area contributed by atoms with Gasteiger partial charge in [0.05, 0.1) is 12.4 Å². The number of nitrogens with one attached hydrogen (secondary N) is 2. The Kier molecular flexibility index (Phi) is 6.45. The SMILES string of the molecule is CCOC(=O)c1c(SCC(=O)Nc2ccc(F)c(F)c2)nc(=O)[nH]c1C. The van der Waals surface area contributed by atoms with Gasteiger partial charge in [-0.1, -0.05) is 11.8 Å². The molecule has 2 rings (SSSR count). The number of amides is 1. The van der Waals surface area contributed by atoms with E-state index in [9.17, 15) is 23.2 Å². The first-order valence-corrected chi connectivity index (χ1v) is 8.46. The molecule has 0 bridgehead atoms. The third-order valence-electron chi connectivity index (χ3n) is 3.11. The number of aromatic nitrogens is 2. The molecule has 0 atom stereocenters. The summed E-state index contributed by atoms with van der Waals surface area (Å²) >= 11 is 0.852. The molecule has 1 aromatic heterocycles. The van der Waals surface area contributed by atoms with Gasteiger partial charge in [-0.3, -0.25) is 4.79 Å². The van der Waals surface area contributed by atoms with Crippen molar-refractivity contribution in [2.45, 2.75) is 18.9 Å². The highest BCUT2D eigenvalue weighted by molar-refractivity contribution is 8.00. The van der Waals surface area contributed by atoms with Crippen LogP contribution in [0.2, 0.25) is 0 Å². The van der Waals surface area contributed by atoms with Crippen LogP contribution in [-0.4, -0.2) is 34.2 Å². The summed E-state index contributed by atoms with van der Waals surface area (Å²) in [7, 11) is 0. The number of anilines is 1. The van der Waals surface area contributed by atoms with E-state index in [1.165, 1.54) is 13.0 Å². The number of thioether (sulfide) groups is 1. The summed E-state index contributed by atoms with van der Waals surface area (Å²) in [4.78, 5) is 41.6. The number of hydrogen-bond donors (Lipinski definition) is 2. The van der Waals surface area contributed by atoms with Crippen LogP contribution < -0.4 is 11.0 Å². The van der Waals surface area contributed by atoms with Gasteiger partial charge in [0.25, 0.3) is 0 Å². The van der Waals surface area contributed by atoms with Crippen LogP contribution in [0.25, 0.3) is 0 Å². The van der Waals surface area contributed by atoms with E-state index in [1.807, 2.05) is 0 Å². The second-order valence-corrected chi connectivity index (χ2v) is 6.00. The Hall–Kier alpha value is -2.75. The van der Waals surface area contributed by atoms with E-state index in [1.54, 1.807) is 6.92 Å². The Morgan fingerprint density at radius 1 is 1.31 bits per heavy atom. The van der Waals surface area contributed by atoms with Crippen molar-refractivity contribution in [3.05, 3.63) is 51.6 Å². The molecular weight excluding hydrogens is 368 g/mol. The fraction of sp³-hybridized carbons (Fsp3) is 0.250. The number of carbonyl (C=O) groups excluding carboxylic acids is 2. The van der Waals surface area contributed by atoms with E-state index < -0.39 is 29.2 Å². The molecule has 1 aromatic carbocycles.